The highest BCUT2D eigenvalue weighted by Crippen LogP contribution is 2.31. The van der Waals surface area contributed by atoms with Crippen LogP contribution < -0.4 is 10.6 Å². The van der Waals surface area contributed by atoms with Crippen LogP contribution in [0.3, 0.4) is 0 Å². The number of urea groups is 1. The summed E-state index contributed by atoms with van der Waals surface area (Å²) in [6, 6.07) is 13.1. The maximum absolute atomic E-state index is 12.3. The van der Waals surface area contributed by atoms with Gasteiger partial charge < -0.3 is 14.8 Å². The van der Waals surface area contributed by atoms with Gasteiger partial charge in [0.2, 0.25) is 0 Å². The Morgan fingerprint density at radius 3 is 2.61 bits per heavy atom. The molecule has 0 bridgehead atoms. The van der Waals surface area contributed by atoms with Crippen molar-refractivity contribution in [2.75, 3.05) is 13.7 Å². The predicted octanol–water partition coefficient (Wildman–Crippen LogP) is 1.75. The highest BCUT2D eigenvalue weighted by atomic mass is 16.5. The largest absolute Gasteiger partial charge is 0.454 e. The maximum Gasteiger partial charge on any atom is 0.339 e. The van der Waals surface area contributed by atoms with Gasteiger partial charge in [0.1, 0.15) is 6.10 Å². The third kappa shape index (κ3) is 4.35. The van der Waals surface area contributed by atoms with Crippen LogP contribution in [-0.4, -0.2) is 37.5 Å². The molecule has 0 fully saturated rings. The summed E-state index contributed by atoms with van der Waals surface area (Å²) in [5.74, 6) is -1.94. The number of esters is 2. The summed E-state index contributed by atoms with van der Waals surface area (Å²) in [4.78, 5) is 47.0. The molecule has 1 heterocycles. The van der Waals surface area contributed by atoms with Crippen LogP contribution in [-0.2, 0) is 20.7 Å². The lowest BCUT2D eigenvalue weighted by molar-refractivity contribution is -0.123. The van der Waals surface area contributed by atoms with Gasteiger partial charge in [0.25, 0.3) is 5.91 Å². The van der Waals surface area contributed by atoms with Crippen molar-refractivity contribution in [3.8, 4) is 0 Å². The molecule has 0 saturated heterocycles. The van der Waals surface area contributed by atoms with Crippen molar-refractivity contribution < 1.29 is 28.7 Å². The summed E-state index contributed by atoms with van der Waals surface area (Å²) in [6.07, 6.45) is -0.0191. The quantitative estimate of drug-likeness (QED) is 0.780. The molecule has 2 aromatic rings. The summed E-state index contributed by atoms with van der Waals surface area (Å²) in [7, 11) is 1.36. The van der Waals surface area contributed by atoms with E-state index in [0.29, 0.717) is 17.5 Å². The van der Waals surface area contributed by atoms with E-state index in [1.165, 1.54) is 19.2 Å². The number of amides is 3. The molecule has 2 aromatic carbocycles. The normalized spacial score (nSPS) is 15.0. The first-order valence-corrected chi connectivity index (χ1v) is 8.55. The third-order valence-electron chi connectivity index (χ3n) is 4.20. The van der Waals surface area contributed by atoms with Crippen LogP contribution >= 0.6 is 0 Å². The lowest BCUT2D eigenvalue weighted by atomic mass is 9.93. The number of carbonyl (C=O) groups excluding carboxylic acids is 4. The van der Waals surface area contributed by atoms with Crippen LogP contribution in [0.2, 0.25) is 0 Å². The first kappa shape index (κ1) is 19.1. The van der Waals surface area contributed by atoms with E-state index in [2.05, 4.69) is 5.32 Å². The molecule has 1 atom stereocenters. The van der Waals surface area contributed by atoms with E-state index in [-0.39, 0.29) is 5.56 Å². The Bertz CT molecular complexity index is 926. The minimum atomic E-state index is -0.752. The second-order valence-corrected chi connectivity index (χ2v) is 6.08. The molecule has 3 amide bonds. The monoisotopic (exact) mass is 382 g/mol. The Labute approximate surface area is 160 Å². The molecule has 3 rings (SSSR count). The zero-order valence-electron chi connectivity index (χ0n) is 15.1. The Morgan fingerprint density at radius 1 is 1.14 bits per heavy atom. The Morgan fingerprint density at radius 2 is 1.89 bits per heavy atom. The third-order valence-corrected chi connectivity index (χ3v) is 4.20. The van der Waals surface area contributed by atoms with Gasteiger partial charge >= 0.3 is 18.0 Å². The Kier molecular flexibility index (Phi) is 5.69. The van der Waals surface area contributed by atoms with Crippen molar-refractivity contribution >= 4 is 23.9 Å². The first-order chi connectivity index (χ1) is 13.5. The average Bonchev–Trinajstić information content (AvgIpc) is 2.72. The smallest absolute Gasteiger partial charge is 0.339 e. The number of benzene rings is 2. The van der Waals surface area contributed by atoms with Gasteiger partial charge in [-0.3, -0.25) is 10.1 Å². The highest BCUT2D eigenvalue weighted by molar-refractivity contribution is 5.98. The molecular formula is C20H18N2O6. The molecule has 8 nitrogen and oxygen atoms in total. The molecule has 28 heavy (non-hydrogen) atoms. The molecule has 2 N–H and O–H groups in total. The number of nitrogens with one attached hydrogen (secondary N) is 2. The van der Waals surface area contributed by atoms with Gasteiger partial charge in [-0.2, -0.15) is 0 Å². The zero-order valence-corrected chi connectivity index (χ0v) is 15.1. The van der Waals surface area contributed by atoms with E-state index in [4.69, 9.17) is 9.47 Å². The van der Waals surface area contributed by atoms with Crippen molar-refractivity contribution in [3.63, 3.8) is 0 Å². The number of hydrogen-bond acceptors (Lipinski definition) is 6. The van der Waals surface area contributed by atoms with Gasteiger partial charge in [-0.05, 0) is 29.3 Å². The second-order valence-electron chi connectivity index (χ2n) is 6.08. The molecule has 1 aliphatic rings. The van der Waals surface area contributed by atoms with Gasteiger partial charge in [0.05, 0.1) is 11.1 Å². The van der Waals surface area contributed by atoms with Crippen molar-refractivity contribution in [1.82, 2.24) is 10.6 Å². The SMILES string of the molecule is CNC(=O)NC(=O)COC(=O)c1ccc2c(c1)CC(c1ccccc1)OC2=O. The number of ether oxygens (including phenoxy) is 2. The molecule has 144 valence electrons. The Hall–Kier alpha value is -3.68. The number of fused-ring (bicyclic) bond motifs is 1. The van der Waals surface area contributed by atoms with Gasteiger partial charge in [0.15, 0.2) is 6.61 Å². The lowest BCUT2D eigenvalue weighted by Gasteiger charge is -2.25. The van der Waals surface area contributed by atoms with E-state index in [1.54, 1.807) is 6.07 Å². The van der Waals surface area contributed by atoms with Crippen LogP contribution in [0.25, 0.3) is 0 Å². The number of carbonyl (C=O) groups is 4. The van der Waals surface area contributed by atoms with E-state index in [0.717, 1.165) is 5.56 Å². The fourth-order valence-corrected chi connectivity index (χ4v) is 2.82. The Balaban J connectivity index is 1.70. The van der Waals surface area contributed by atoms with E-state index >= 15 is 0 Å². The zero-order chi connectivity index (χ0) is 20.1. The van der Waals surface area contributed by atoms with E-state index in [1.807, 2.05) is 35.6 Å². The van der Waals surface area contributed by atoms with E-state index < -0.39 is 36.6 Å². The number of hydrogen-bond donors (Lipinski definition) is 2. The van der Waals surface area contributed by atoms with Crippen LogP contribution in [0.15, 0.2) is 48.5 Å². The van der Waals surface area contributed by atoms with Crippen LogP contribution in [0, 0.1) is 0 Å². The molecule has 0 radical (unpaired) electrons. The average molecular weight is 382 g/mol. The van der Waals surface area contributed by atoms with Gasteiger partial charge in [-0.1, -0.05) is 30.3 Å². The van der Waals surface area contributed by atoms with Crippen molar-refractivity contribution in [2.24, 2.45) is 0 Å². The van der Waals surface area contributed by atoms with Crippen molar-refractivity contribution in [3.05, 3.63) is 70.8 Å². The number of rotatable bonds is 4. The van der Waals surface area contributed by atoms with Crippen LogP contribution in [0.4, 0.5) is 4.79 Å². The van der Waals surface area contributed by atoms with Crippen LogP contribution in [0.5, 0.6) is 0 Å². The lowest BCUT2D eigenvalue weighted by Crippen LogP contribution is -2.39. The first-order valence-electron chi connectivity index (χ1n) is 8.55. The fraction of sp³-hybridized carbons (Fsp3) is 0.200. The summed E-state index contributed by atoms with van der Waals surface area (Å²) in [5.41, 5.74) is 2.11. The van der Waals surface area contributed by atoms with Gasteiger partial charge in [0, 0.05) is 13.5 Å². The standard InChI is InChI=1S/C20H18N2O6/c1-21-20(26)22-17(23)11-27-18(24)13-7-8-15-14(9-13)10-16(28-19(15)25)12-5-3-2-4-6-12/h2-9,16H,10-11H2,1H3,(H2,21,22,23,26). The fourth-order valence-electron chi connectivity index (χ4n) is 2.82. The molecule has 0 aromatic heterocycles. The minimum absolute atomic E-state index is 0.202. The van der Waals surface area contributed by atoms with Gasteiger partial charge in [-0.15, -0.1) is 0 Å². The predicted molar refractivity (Wildman–Crippen MR) is 97.6 cm³/mol. The summed E-state index contributed by atoms with van der Waals surface area (Å²) in [5, 5.41) is 4.20. The molecule has 0 spiro atoms. The molecule has 1 aliphatic heterocycles. The summed E-state index contributed by atoms with van der Waals surface area (Å²) < 4.78 is 10.4. The maximum atomic E-state index is 12.3. The molecule has 1 unspecified atom stereocenters. The summed E-state index contributed by atoms with van der Waals surface area (Å²) in [6.45, 7) is -0.599. The molecular weight excluding hydrogens is 364 g/mol. The topological polar surface area (TPSA) is 111 Å². The highest BCUT2D eigenvalue weighted by Gasteiger charge is 2.28. The van der Waals surface area contributed by atoms with Crippen molar-refractivity contribution in [1.29, 1.82) is 0 Å². The second kappa shape index (κ2) is 8.34. The number of imide groups is 1. The van der Waals surface area contributed by atoms with Gasteiger partial charge in [-0.25, -0.2) is 14.4 Å². The van der Waals surface area contributed by atoms with Crippen molar-refractivity contribution in [2.45, 2.75) is 12.5 Å². The number of cyclic esters (lactones) is 1. The molecule has 0 saturated carbocycles. The molecule has 8 heteroatoms. The summed E-state index contributed by atoms with van der Waals surface area (Å²) >= 11 is 0. The van der Waals surface area contributed by atoms with E-state index in [9.17, 15) is 19.2 Å². The van der Waals surface area contributed by atoms with Crippen LogP contribution in [0.1, 0.15) is 37.9 Å². The molecule has 0 aliphatic carbocycles. The minimum Gasteiger partial charge on any atom is -0.454 e.